The standard InChI is InChI=1S/C13H18N4OS/c1-4-6-9-13(19-17-16-9)12(14-2)11-10(18-3)7-5-8-15-11/h5,7-8,12,14H,4,6H2,1-3H3. The summed E-state index contributed by atoms with van der Waals surface area (Å²) in [6, 6.07) is 3.76. The van der Waals surface area contributed by atoms with Crippen LogP contribution in [0.25, 0.3) is 0 Å². The van der Waals surface area contributed by atoms with Crippen molar-refractivity contribution >= 4 is 11.5 Å². The van der Waals surface area contributed by atoms with E-state index < -0.39 is 0 Å². The Morgan fingerprint density at radius 3 is 3.00 bits per heavy atom. The van der Waals surface area contributed by atoms with Crippen molar-refractivity contribution in [1.29, 1.82) is 0 Å². The SMILES string of the molecule is CCCc1nnsc1C(NC)c1ncccc1OC. The molecular weight excluding hydrogens is 260 g/mol. The van der Waals surface area contributed by atoms with E-state index in [0.29, 0.717) is 0 Å². The summed E-state index contributed by atoms with van der Waals surface area (Å²) in [5, 5.41) is 7.50. The molecule has 2 heterocycles. The summed E-state index contributed by atoms with van der Waals surface area (Å²) in [5.74, 6) is 0.776. The normalized spacial score (nSPS) is 12.4. The molecule has 0 saturated heterocycles. The van der Waals surface area contributed by atoms with E-state index in [9.17, 15) is 0 Å². The van der Waals surface area contributed by atoms with Gasteiger partial charge in [-0.15, -0.1) is 5.10 Å². The Kier molecular flexibility index (Phi) is 4.81. The predicted molar refractivity (Wildman–Crippen MR) is 75.6 cm³/mol. The topological polar surface area (TPSA) is 59.9 Å². The fourth-order valence-electron chi connectivity index (χ4n) is 2.03. The molecule has 0 spiro atoms. The van der Waals surface area contributed by atoms with Crippen molar-refractivity contribution < 1.29 is 4.74 Å². The van der Waals surface area contributed by atoms with Gasteiger partial charge in [0.25, 0.3) is 0 Å². The number of rotatable bonds is 6. The molecule has 2 aromatic heterocycles. The molecule has 5 nitrogen and oxygen atoms in total. The highest BCUT2D eigenvalue weighted by Crippen LogP contribution is 2.31. The predicted octanol–water partition coefficient (Wildman–Crippen LogP) is 2.20. The summed E-state index contributed by atoms with van der Waals surface area (Å²) in [6.07, 6.45) is 3.75. The molecule has 2 aromatic rings. The molecule has 102 valence electrons. The number of methoxy groups -OCH3 is 1. The quantitative estimate of drug-likeness (QED) is 0.878. The van der Waals surface area contributed by atoms with Crippen molar-refractivity contribution in [1.82, 2.24) is 19.9 Å². The Morgan fingerprint density at radius 2 is 2.32 bits per heavy atom. The van der Waals surface area contributed by atoms with Crippen LogP contribution in [0.3, 0.4) is 0 Å². The third-order valence-electron chi connectivity index (χ3n) is 2.92. The van der Waals surface area contributed by atoms with Crippen molar-refractivity contribution in [2.75, 3.05) is 14.2 Å². The third kappa shape index (κ3) is 2.90. The van der Waals surface area contributed by atoms with Crippen LogP contribution in [0.4, 0.5) is 0 Å². The largest absolute Gasteiger partial charge is 0.495 e. The van der Waals surface area contributed by atoms with E-state index in [4.69, 9.17) is 4.74 Å². The van der Waals surface area contributed by atoms with Crippen molar-refractivity contribution in [2.45, 2.75) is 25.8 Å². The first-order valence-electron chi connectivity index (χ1n) is 6.29. The molecule has 1 unspecified atom stereocenters. The molecule has 0 aliphatic carbocycles. The van der Waals surface area contributed by atoms with Gasteiger partial charge in [0.15, 0.2) is 0 Å². The fourth-order valence-corrected chi connectivity index (χ4v) is 2.84. The summed E-state index contributed by atoms with van der Waals surface area (Å²) in [7, 11) is 3.57. The van der Waals surface area contributed by atoms with Crippen LogP contribution in [0.15, 0.2) is 18.3 Å². The van der Waals surface area contributed by atoms with Crippen LogP contribution in [0.5, 0.6) is 5.75 Å². The van der Waals surface area contributed by atoms with Gasteiger partial charge in [-0.1, -0.05) is 17.8 Å². The van der Waals surface area contributed by atoms with Gasteiger partial charge in [0.2, 0.25) is 0 Å². The molecule has 0 aromatic carbocycles. The van der Waals surface area contributed by atoms with Gasteiger partial charge in [0.1, 0.15) is 11.4 Å². The Bertz CT molecular complexity index is 529. The molecular formula is C13H18N4OS. The minimum absolute atomic E-state index is 0.0299. The first-order valence-corrected chi connectivity index (χ1v) is 7.06. The molecule has 0 radical (unpaired) electrons. The summed E-state index contributed by atoms with van der Waals surface area (Å²) in [6.45, 7) is 2.14. The molecule has 0 aliphatic rings. The molecule has 6 heteroatoms. The van der Waals surface area contributed by atoms with E-state index >= 15 is 0 Å². The minimum atomic E-state index is -0.0299. The van der Waals surface area contributed by atoms with Gasteiger partial charge in [-0.05, 0) is 37.1 Å². The average Bonchev–Trinajstić information content (AvgIpc) is 2.89. The first kappa shape index (κ1) is 13.9. The van der Waals surface area contributed by atoms with E-state index in [-0.39, 0.29) is 6.04 Å². The van der Waals surface area contributed by atoms with Gasteiger partial charge in [-0.2, -0.15) is 0 Å². The lowest BCUT2D eigenvalue weighted by molar-refractivity contribution is 0.402. The highest BCUT2D eigenvalue weighted by molar-refractivity contribution is 7.05. The van der Waals surface area contributed by atoms with Crippen molar-refractivity contribution in [2.24, 2.45) is 0 Å². The maximum atomic E-state index is 5.39. The smallest absolute Gasteiger partial charge is 0.142 e. The van der Waals surface area contributed by atoms with Crippen LogP contribution >= 0.6 is 11.5 Å². The molecule has 19 heavy (non-hydrogen) atoms. The molecule has 1 atom stereocenters. The molecule has 0 saturated carbocycles. The van der Waals surface area contributed by atoms with Crippen LogP contribution in [0.2, 0.25) is 0 Å². The molecule has 0 bridgehead atoms. The Labute approximate surface area is 117 Å². The van der Waals surface area contributed by atoms with Crippen molar-refractivity contribution in [3.05, 3.63) is 34.6 Å². The molecule has 0 aliphatic heterocycles. The highest BCUT2D eigenvalue weighted by Gasteiger charge is 2.23. The van der Waals surface area contributed by atoms with Gasteiger partial charge in [-0.25, -0.2) is 0 Å². The Hall–Kier alpha value is -1.53. The summed E-state index contributed by atoms with van der Waals surface area (Å²) < 4.78 is 9.46. The Morgan fingerprint density at radius 1 is 1.47 bits per heavy atom. The third-order valence-corrected chi connectivity index (χ3v) is 3.75. The minimum Gasteiger partial charge on any atom is -0.495 e. The van der Waals surface area contributed by atoms with E-state index in [1.54, 1.807) is 13.3 Å². The number of nitrogens with one attached hydrogen (secondary N) is 1. The number of aryl methyl sites for hydroxylation is 1. The van der Waals surface area contributed by atoms with Gasteiger partial charge in [0.05, 0.1) is 23.7 Å². The number of ether oxygens (including phenoxy) is 1. The summed E-state index contributed by atoms with van der Waals surface area (Å²) >= 11 is 1.42. The van der Waals surface area contributed by atoms with Gasteiger partial charge in [-0.3, -0.25) is 4.98 Å². The maximum absolute atomic E-state index is 5.39. The number of hydrogen-bond donors (Lipinski definition) is 1. The first-order chi connectivity index (χ1) is 9.31. The molecule has 1 N–H and O–H groups in total. The van der Waals surface area contributed by atoms with Crippen LogP contribution in [0, 0.1) is 0 Å². The van der Waals surface area contributed by atoms with Gasteiger partial charge in [0, 0.05) is 6.20 Å². The van der Waals surface area contributed by atoms with E-state index in [1.165, 1.54) is 11.5 Å². The fraction of sp³-hybridized carbons (Fsp3) is 0.462. The van der Waals surface area contributed by atoms with E-state index in [2.05, 4.69) is 26.8 Å². The van der Waals surface area contributed by atoms with Gasteiger partial charge >= 0.3 is 0 Å². The molecule has 0 amide bonds. The van der Waals surface area contributed by atoms with Crippen LogP contribution in [0.1, 0.15) is 35.7 Å². The number of pyridine rings is 1. The van der Waals surface area contributed by atoms with E-state index in [0.717, 1.165) is 34.9 Å². The lowest BCUT2D eigenvalue weighted by atomic mass is 10.1. The maximum Gasteiger partial charge on any atom is 0.142 e. The van der Waals surface area contributed by atoms with Gasteiger partial charge < -0.3 is 10.1 Å². The number of hydrogen-bond acceptors (Lipinski definition) is 6. The van der Waals surface area contributed by atoms with Crippen LogP contribution < -0.4 is 10.1 Å². The second kappa shape index (κ2) is 6.58. The zero-order valence-electron chi connectivity index (χ0n) is 11.4. The number of aromatic nitrogens is 3. The monoisotopic (exact) mass is 278 g/mol. The summed E-state index contributed by atoms with van der Waals surface area (Å²) in [4.78, 5) is 5.55. The van der Waals surface area contributed by atoms with Crippen LogP contribution in [-0.4, -0.2) is 28.7 Å². The zero-order chi connectivity index (χ0) is 13.7. The van der Waals surface area contributed by atoms with Crippen molar-refractivity contribution in [3.8, 4) is 5.75 Å². The lowest BCUT2D eigenvalue weighted by Gasteiger charge is -2.17. The molecule has 0 fully saturated rings. The van der Waals surface area contributed by atoms with E-state index in [1.807, 2.05) is 19.2 Å². The summed E-state index contributed by atoms with van der Waals surface area (Å²) in [5.41, 5.74) is 1.91. The van der Waals surface area contributed by atoms with Crippen molar-refractivity contribution in [3.63, 3.8) is 0 Å². The Balaban J connectivity index is 2.41. The number of nitrogens with zero attached hydrogens (tertiary/aromatic N) is 3. The van der Waals surface area contributed by atoms with Crippen LogP contribution in [-0.2, 0) is 6.42 Å². The molecule has 2 rings (SSSR count). The second-order valence-corrected chi connectivity index (χ2v) is 4.93. The highest BCUT2D eigenvalue weighted by atomic mass is 32.1. The zero-order valence-corrected chi connectivity index (χ0v) is 12.2. The average molecular weight is 278 g/mol. The second-order valence-electron chi connectivity index (χ2n) is 4.15. The lowest BCUT2D eigenvalue weighted by Crippen LogP contribution is -2.20.